The first kappa shape index (κ1) is 33.2. The molecule has 0 bridgehead atoms. The van der Waals surface area contributed by atoms with E-state index >= 15 is 0 Å². The molecule has 0 atom stereocenters. The van der Waals surface area contributed by atoms with Gasteiger partial charge in [0.15, 0.2) is 5.82 Å². The average molecular weight is 718 g/mol. The predicted molar refractivity (Wildman–Crippen MR) is 230 cm³/mol. The largest absolute Gasteiger partial charge is 0.264 e. The standard InChI is InChI=1S/C51H35N5/c1-32-26-33(2)53-50-43(32)22-20-34-21-23-46(54-49(34)50)39-15-6-12-36(27-39)37-13-7-16-40(28-37)47-30-48(56-51(55-47)35-10-4-3-5-11-35)41-17-8-14-38(29-41)44-19-9-18-42-31-52-25-24-45(42)44/h3-31H,1-2H3. The van der Waals surface area contributed by atoms with E-state index in [1.54, 1.807) is 0 Å². The highest BCUT2D eigenvalue weighted by molar-refractivity contribution is 6.04. The summed E-state index contributed by atoms with van der Waals surface area (Å²) in [4.78, 5) is 24.7. The van der Waals surface area contributed by atoms with Crippen molar-refractivity contribution in [3.8, 4) is 67.4 Å². The first-order valence-corrected chi connectivity index (χ1v) is 18.8. The van der Waals surface area contributed by atoms with Crippen LogP contribution in [0.3, 0.4) is 0 Å². The zero-order valence-corrected chi connectivity index (χ0v) is 31.0. The topological polar surface area (TPSA) is 64.5 Å². The molecule has 0 radical (unpaired) electrons. The summed E-state index contributed by atoms with van der Waals surface area (Å²) in [5.74, 6) is 0.682. The second-order valence-corrected chi connectivity index (χ2v) is 14.3. The first-order valence-electron chi connectivity index (χ1n) is 18.8. The highest BCUT2D eigenvalue weighted by Gasteiger charge is 2.14. The molecule has 5 heteroatoms. The molecule has 0 aliphatic carbocycles. The second-order valence-electron chi connectivity index (χ2n) is 14.3. The lowest BCUT2D eigenvalue weighted by Crippen LogP contribution is -1.96. The molecule has 10 aromatic rings. The summed E-state index contributed by atoms with van der Waals surface area (Å²) in [6.45, 7) is 4.18. The van der Waals surface area contributed by atoms with E-state index in [0.29, 0.717) is 5.82 Å². The fraction of sp³-hybridized carbons (Fsp3) is 0.0392. The Hall–Kier alpha value is -7.37. The molecule has 0 unspecified atom stereocenters. The highest BCUT2D eigenvalue weighted by Crippen LogP contribution is 2.35. The van der Waals surface area contributed by atoms with Gasteiger partial charge in [-0.1, -0.05) is 121 Å². The monoisotopic (exact) mass is 717 g/mol. The molecule has 4 aromatic heterocycles. The lowest BCUT2D eigenvalue weighted by atomic mass is 9.96. The van der Waals surface area contributed by atoms with Gasteiger partial charge in [-0.2, -0.15) is 0 Å². The van der Waals surface area contributed by atoms with E-state index in [2.05, 4.69) is 158 Å². The van der Waals surface area contributed by atoms with Crippen LogP contribution in [0.25, 0.3) is 100.0 Å². The number of hydrogen-bond acceptors (Lipinski definition) is 5. The quantitative estimate of drug-likeness (QED) is 0.160. The fourth-order valence-corrected chi connectivity index (χ4v) is 7.76. The smallest absolute Gasteiger partial charge is 0.160 e. The van der Waals surface area contributed by atoms with Crippen molar-refractivity contribution < 1.29 is 0 Å². The van der Waals surface area contributed by atoms with Crippen molar-refractivity contribution in [3.05, 3.63) is 187 Å². The summed E-state index contributed by atoms with van der Waals surface area (Å²) in [6, 6.07) is 57.2. The molecule has 0 fully saturated rings. The Morgan fingerprint density at radius 1 is 0.375 bits per heavy atom. The molecule has 0 N–H and O–H groups in total. The van der Waals surface area contributed by atoms with Gasteiger partial charge in [-0.3, -0.25) is 9.97 Å². The van der Waals surface area contributed by atoms with Crippen molar-refractivity contribution in [2.75, 3.05) is 0 Å². The summed E-state index contributed by atoms with van der Waals surface area (Å²) in [6.07, 6.45) is 3.76. The molecule has 0 aliphatic rings. The van der Waals surface area contributed by atoms with Crippen LogP contribution in [0.15, 0.2) is 176 Å². The van der Waals surface area contributed by atoms with E-state index in [9.17, 15) is 0 Å². The van der Waals surface area contributed by atoms with Gasteiger partial charge in [-0.25, -0.2) is 15.0 Å². The van der Waals surface area contributed by atoms with Crippen LogP contribution in [-0.4, -0.2) is 24.9 Å². The maximum absolute atomic E-state index is 5.19. The van der Waals surface area contributed by atoms with E-state index in [1.807, 2.05) is 37.5 Å². The Labute approximate surface area is 325 Å². The van der Waals surface area contributed by atoms with Crippen LogP contribution < -0.4 is 0 Å². The third-order valence-electron chi connectivity index (χ3n) is 10.5. The summed E-state index contributed by atoms with van der Waals surface area (Å²) >= 11 is 0. The molecular formula is C51H35N5. The van der Waals surface area contributed by atoms with Crippen molar-refractivity contribution in [1.82, 2.24) is 24.9 Å². The lowest BCUT2D eigenvalue weighted by molar-refractivity contribution is 1.18. The summed E-state index contributed by atoms with van der Waals surface area (Å²) in [5.41, 5.74) is 15.2. The van der Waals surface area contributed by atoms with Gasteiger partial charge in [-0.15, -0.1) is 0 Å². The normalized spacial score (nSPS) is 11.4. The molecule has 0 spiro atoms. The first-order chi connectivity index (χ1) is 27.5. The third kappa shape index (κ3) is 6.15. The maximum atomic E-state index is 5.19. The van der Waals surface area contributed by atoms with Crippen molar-refractivity contribution >= 4 is 32.6 Å². The third-order valence-corrected chi connectivity index (χ3v) is 10.5. The van der Waals surface area contributed by atoms with Crippen LogP contribution in [0, 0.1) is 13.8 Å². The molecular weight excluding hydrogens is 683 g/mol. The number of rotatable bonds is 6. The molecule has 56 heavy (non-hydrogen) atoms. The second kappa shape index (κ2) is 13.8. The molecule has 0 saturated carbocycles. The van der Waals surface area contributed by atoms with Gasteiger partial charge in [0.2, 0.25) is 0 Å². The van der Waals surface area contributed by atoms with Gasteiger partial charge < -0.3 is 0 Å². The van der Waals surface area contributed by atoms with Crippen LogP contribution >= 0.6 is 0 Å². The van der Waals surface area contributed by atoms with Crippen LogP contribution in [-0.2, 0) is 0 Å². The van der Waals surface area contributed by atoms with Gasteiger partial charge in [0.1, 0.15) is 0 Å². The fourth-order valence-electron chi connectivity index (χ4n) is 7.76. The molecule has 0 aliphatic heterocycles. The average Bonchev–Trinajstić information content (AvgIpc) is 3.26. The number of benzene rings is 6. The van der Waals surface area contributed by atoms with Gasteiger partial charge in [0.25, 0.3) is 0 Å². The number of pyridine rings is 3. The van der Waals surface area contributed by atoms with Gasteiger partial charge in [0.05, 0.1) is 28.1 Å². The van der Waals surface area contributed by atoms with Crippen LogP contribution in [0.2, 0.25) is 0 Å². The zero-order chi connectivity index (χ0) is 37.6. The molecule has 6 aromatic carbocycles. The molecule has 10 rings (SSSR count). The SMILES string of the molecule is Cc1cc(C)c2ccc3ccc(-c4cccc(-c5cccc(-c6cc(-c7cccc(-c8cccc9cnccc89)c7)nc(-c7ccccc7)n6)c5)c4)nc3c2n1. The lowest BCUT2D eigenvalue weighted by Gasteiger charge is -2.12. The highest BCUT2D eigenvalue weighted by atomic mass is 14.9. The minimum absolute atomic E-state index is 0.682. The van der Waals surface area contributed by atoms with Crippen LogP contribution in [0.4, 0.5) is 0 Å². The Bertz CT molecular complexity index is 3110. The van der Waals surface area contributed by atoms with E-state index in [0.717, 1.165) is 94.5 Å². The van der Waals surface area contributed by atoms with Crippen molar-refractivity contribution in [1.29, 1.82) is 0 Å². The zero-order valence-electron chi connectivity index (χ0n) is 31.0. The van der Waals surface area contributed by atoms with E-state index < -0.39 is 0 Å². The number of aromatic nitrogens is 5. The van der Waals surface area contributed by atoms with E-state index in [4.69, 9.17) is 19.9 Å². The van der Waals surface area contributed by atoms with E-state index in [1.165, 1.54) is 10.9 Å². The summed E-state index contributed by atoms with van der Waals surface area (Å²) in [5, 5.41) is 4.50. The molecule has 264 valence electrons. The summed E-state index contributed by atoms with van der Waals surface area (Å²) < 4.78 is 0. The van der Waals surface area contributed by atoms with E-state index in [-0.39, 0.29) is 0 Å². The number of nitrogens with zero attached hydrogens (tertiary/aromatic N) is 5. The van der Waals surface area contributed by atoms with Crippen molar-refractivity contribution in [2.24, 2.45) is 0 Å². The number of aryl methyl sites for hydroxylation is 2. The van der Waals surface area contributed by atoms with Crippen LogP contribution in [0.5, 0.6) is 0 Å². The number of fused-ring (bicyclic) bond motifs is 4. The Kier molecular flexibility index (Phi) is 8.19. The number of hydrogen-bond donors (Lipinski definition) is 0. The summed E-state index contributed by atoms with van der Waals surface area (Å²) in [7, 11) is 0. The minimum atomic E-state index is 0.682. The molecule has 0 saturated heterocycles. The van der Waals surface area contributed by atoms with Crippen molar-refractivity contribution in [3.63, 3.8) is 0 Å². The maximum Gasteiger partial charge on any atom is 0.160 e. The van der Waals surface area contributed by atoms with Gasteiger partial charge >= 0.3 is 0 Å². The van der Waals surface area contributed by atoms with Crippen molar-refractivity contribution in [2.45, 2.75) is 13.8 Å². The van der Waals surface area contributed by atoms with Gasteiger partial charge in [-0.05, 0) is 89.5 Å². The Balaban J connectivity index is 1.05. The minimum Gasteiger partial charge on any atom is -0.264 e. The molecule has 4 heterocycles. The van der Waals surface area contributed by atoms with Crippen LogP contribution in [0.1, 0.15) is 11.3 Å². The Morgan fingerprint density at radius 3 is 1.75 bits per heavy atom. The Morgan fingerprint density at radius 2 is 1.00 bits per heavy atom. The predicted octanol–water partition coefficient (Wildman–Crippen LogP) is 12.7. The van der Waals surface area contributed by atoms with Gasteiger partial charge in [0, 0.05) is 56.5 Å². The molecule has 0 amide bonds. The molecule has 5 nitrogen and oxygen atoms in total.